The van der Waals surface area contributed by atoms with E-state index in [2.05, 4.69) is 28.7 Å². The monoisotopic (exact) mass is 303 g/mol. The first-order valence-electron chi connectivity index (χ1n) is 4.92. The van der Waals surface area contributed by atoms with E-state index >= 15 is 0 Å². The van der Waals surface area contributed by atoms with E-state index in [4.69, 9.17) is 10.5 Å². The fourth-order valence-corrected chi connectivity index (χ4v) is 2.31. The van der Waals surface area contributed by atoms with Gasteiger partial charge in [0.2, 0.25) is 0 Å². The lowest BCUT2D eigenvalue weighted by Gasteiger charge is -2.14. The number of hydrogen-bond donors (Lipinski definition) is 1. The molecule has 2 rings (SSSR count). The van der Waals surface area contributed by atoms with Gasteiger partial charge in [-0.15, -0.1) is 0 Å². The summed E-state index contributed by atoms with van der Waals surface area (Å²) < 4.78 is 7.06. The van der Waals surface area contributed by atoms with Crippen LogP contribution in [0, 0.1) is 3.57 Å². The van der Waals surface area contributed by atoms with Gasteiger partial charge in [0.1, 0.15) is 11.9 Å². The van der Waals surface area contributed by atoms with E-state index in [1.165, 1.54) is 3.57 Å². The second-order valence-corrected chi connectivity index (χ2v) is 4.91. The highest BCUT2D eigenvalue weighted by Gasteiger charge is 2.23. The van der Waals surface area contributed by atoms with Crippen LogP contribution >= 0.6 is 22.6 Å². The molecule has 2 N–H and O–H groups in total. The van der Waals surface area contributed by atoms with Gasteiger partial charge < -0.3 is 10.5 Å². The van der Waals surface area contributed by atoms with Gasteiger partial charge in [-0.3, -0.25) is 0 Å². The van der Waals surface area contributed by atoms with Crippen LogP contribution in [0.3, 0.4) is 0 Å². The lowest BCUT2D eigenvalue weighted by molar-refractivity contribution is 0.206. The van der Waals surface area contributed by atoms with Crippen LogP contribution in [0.2, 0.25) is 0 Å². The van der Waals surface area contributed by atoms with Crippen molar-refractivity contribution in [1.82, 2.24) is 0 Å². The van der Waals surface area contributed by atoms with Crippen LogP contribution in [0.1, 0.15) is 19.3 Å². The minimum atomic E-state index is 0.320. The maximum absolute atomic E-state index is 5.89. The van der Waals surface area contributed by atoms with E-state index in [1.54, 1.807) is 0 Å². The van der Waals surface area contributed by atoms with Crippen LogP contribution in [-0.2, 0) is 0 Å². The van der Waals surface area contributed by atoms with Crippen molar-refractivity contribution < 1.29 is 4.74 Å². The van der Waals surface area contributed by atoms with E-state index < -0.39 is 0 Å². The van der Waals surface area contributed by atoms with E-state index in [0.29, 0.717) is 12.1 Å². The Balaban J connectivity index is 2.01. The molecule has 1 aliphatic carbocycles. The molecule has 0 amide bonds. The Morgan fingerprint density at radius 1 is 1.29 bits per heavy atom. The molecule has 2 unspecified atom stereocenters. The summed E-state index contributed by atoms with van der Waals surface area (Å²) in [5.74, 6) is 0.993. The summed E-state index contributed by atoms with van der Waals surface area (Å²) in [6, 6.07) is 8.44. The SMILES string of the molecule is NC1CCC(Oc2ccccc2I)C1. The second kappa shape index (κ2) is 4.49. The molecular formula is C11H14INO. The van der Waals surface area contributed by atoms with Gasteiger partial charge in [0, 0.05) is 6.04 Å². The molecule has 1 fully saturated rings. The topological polar surface area (TPSA) is 35.2 Å². The van der Waals surface area contributed by atoms with E-state index in [-0.39, 0.29) is 0 Å². The molecule has 76 valence electrons. The lowest BCUT2D eigenvalue weighted by atomic mass is 10.3. The molecule has 3 heteroatoms. The van der Waals surface area contributed by atoms with Crippen molar-refractivity contribution in [2.45, 2.75) is 31.4 Å². The third kappa shape index (κ3) is 2.39. The first-order chi connectivity index (χ1) is 6.75. The average molecular weight is 303 g/mol. The predicted molar refractivity (Wildman–Crippen MR) is 65.4 cm³/mol. The van der Waals surface area contributed by atoms with Crippen LogP contribution in [0.5, 0.6) is 5.75 Å². The van der Waals surface area contributed by atoms with Crippen LogP contribution in [0.15, 0.2) is 24.3 Å². The van der Waals surface area contributed by atoms with Crippen LogP contribution < -0.4 is 10.5 Å². The Kier molecular flexibility index (Phi) is 3.28. The summed E-state index contributed by atoms with van der Waals surface area (Å²) in [4.78, 5) is 0. The van der Waals surface area contributed by atoms with Crippen LogP contribution in [-0.4, -0.2) is 12.1 Å². The minimum absolute atomic E-state index is 0.320. The van der Waals surface area contributed by atoms with Crippen molar-refractivity contribution in [2.75, 3.05) is 0 Å². The molecule has 1 saturated carbocycles. The van der Waals surface area contributed by atoms with Crippen LogP contribution in [0.4, 0.5) is 0 Å². The molecule has 0 aliphatic heterocycles. The third-order valence-corrected chi connectivity index (χ3v) is 3.45. The van der Waals surface area contributed by atoms with Crippen molar-refractivity contribution in [3.8, 4) is 5.75 Å². The fraction of sp³-hybridized carbons (Fsp3) is 0.455. The number of ether oxygens (including phenoxy) is 1. The first-order valence-corrected chi connectivity index (χ1v) is 6.00. The third-order valence-electron chi connectivity index (χ3n) is 2.56. The Bertz CT molecular complexity index is 316. The highest BCUT2D eigenvalue weighted by molar-refractivity contribution is 14.1. The van der Waals surface area contributed by atoms with E-state index in [0.717, 1.165) is 25.0 Å². The summed E-state index contributed by atoms with van der Waals surface area (Å²) in [7, 11) is 0. The van der Waals surface area contributed by atoms with Crippen molar-refractivity contribution in [3.63, 3.8) is 0 Å². The number of para-hydroxylation sites is 1. The maximum Gasteiger partial charge on any atom is 0.133 e. The molecule has 2 atom stereocenters. The van der Waals surface area contributed by atoms with Gasteiger partial charge in [0.15, 0.2) is 0 Å². The predicted octanol–water partition coefficient (Wildman–Crippen LogP) is 2.55. The maximum atomic E-state index is 5.89. The summed E-state index contributed by atoms with van der Waals surface area (Å²) in [5.41, 5.74) is 5.83. The number of halogens is 1. The van der Waals surface area contributed by atoms with Gasteiger partial charge in [-0.1, -0.05) is 12.1 Å². The average Bonchev–Trinajstić information content (AvgIpc) is 2.56. The van der Waals surface area contributed by atoms with E-state index in [9.17, 15) is 0 Å². The molecular weight excluding hydrogens is 289 g/mol. The Morgan fingerprint density at radius 2 is 2.07 bits per heavy atom. The summed E-state index contributed by atoms with van der Waals surface area (Å²) in [5, 5.41) is 0. The molecule has 14 heavy (non-hydrogen) atoms. The molecule has 0 radical (unpaired) electrons. The normalized spacial score (nSPS) is 26.4. The van der Waals surface area contributed by atoms with Gasteiger partial charge in [0.05, 0.1) is 3.57 Å². The largest absolute Gasteiger partial charge is 0.489 e. The number of rotatable bonds is 2. The molecule has 0 heterocycles. The van der Waals surface area contributed by atoms with Gasteiger partial charge in [-0.25, -0.2) is 0 Å². The number of benzene rings is 1. The molecule has 0 bridgehead atoms. The second-order valence-electron chi connectivity index (χ2n) is 3.74. The molecule has 1 aliphatic rings. The molecule has 0 saturated heterocycles. The lowest BCUT2D eigenvalue weighted by Crippen LogP contribution is -2.19. The quantitative estimate of drug-likeness (QED) is 0.852. The Morgan fingerprint density at radius 3 is 2.71 bits per heavy atom. The molecule has 1 aromatic carbocycles. The molecule has 0 spiro atoms. The zero-order valence-corrected chi connectivity index (χ0v) is 10.1. The fourth-order valence-electron chi connectivity index (χ4n) is 1.80. The molecule has 1 aromatic rings. The smallest absolute Gasteiger partial charge is 0.133 e. The summed E-state index contributed by atoms with van der Waals surface area (Å²) in [6.45, 7) is 0. The Labute approximate surface area is 98.0 Å². The minimum Gasteiger partial charge on any atom is -0.489 e. The highest BCUT2D eigenvalue weighted by Crippen LogP contribution is 2.26. The molecule has 0 aromatic heterocycles. The van der Waals surface area contributed by atoms with Crippen molar-refractivity contribution in [1.29, 1.82) is 0 Å². The highest BCUT2D eigenvalue weighted by atomic mass is 127. The van der Waals surface area contributed by atoms with Gasteiger partial charge in [0.25, 0.3) is 0 Å². The summed E-state index contributed by atoms with van der Waals surface area (Å²) in [6.07, 6.45) is 3.49. The van der Waals surface area contributed by atoms with Crippen molar-refractivity contribution in [3.05, 3.63) is 27.8 Å². The summed E-state index contributed by atoms with van der Waals surface area (Å²) >= 11 is 2.30. The van der Waals surface area contributed by atoms with E-state index in [1.807, 2.05) is 18.2 Å². The van der Waals surface area contributed by atoms with Gasteiger partial charge in [-0.05, 0) is 54.0 Å². The van der Waals surface area contributed by atoms with Crippen molar-refractivity contribution in [2.24, 2.45) is 5.73 Å². The Hall–Kier alpha value is -0.290. The van der Waals surface area contributed by atoms with Crippen LogP contribution in [0.25, 0.3) is 0 Å². The number of hydrogen-bond acceptors (Lipinski definition) is 2. The number of nitrogens with two attached hydrogens (primary N) is 1. The van der Waals surface area contributed by atoms with Crippen molar-refractivity contribution >= 4 is 22.6 Å². The van der Waals surface area contributed by atoms with Gasteiger partial charge >= 0.3 is 0 Å². The first kappa shape index (κ1) is 10.2. The molecule has 2 nitrogen and oxygen atoms in total. The zero-order valence-electron chi connectivity index (χ0n) is 7.95. The zero-order chi connectivity index (χ0) is 9.97. The standard InChI is InChI=1S/C11H14INO/c12-10-3-1-2-4-11(10)14-9-6-5-8(13)7-9/h1-4,8-9H,5-7,13H2. The van der Waals surface area contributed by atoms with Gasteiger partial charge in [-0.2, -0.15) is 0 Å².